The summed E-state index contributed by atoms with van der Waals surface area (Å²) in [7, 11) is 0. The molecular weight excluding hydrogens is 226 g/mol. The lowest BCUT2D eigenvalue weighted by Crippen LogP contribution is -2.06. The first kappa shape index (κ1) is 12.5. The number of nitrogens with one attached hydrogen (secondary N) is 1. The lowest BCUT2D eigenvalue weighted by Gasteiger charge is -2.08. The zero-order valence-corrected chi connectivity index (χ0v) is 10.7. The number of fused-ring (bicyclic) bond motifs is 1. The van der Waals surface area contributed by atoms with Gasteiger partial charge >= 0.3 is 0 Å². The van der Waals surface area contributed by atoms with Gasteiger partial charge in [-0.1, -0.05) is 0 Å². The zero-order valence-electron chi connectivity index (χ0n) is 10.7. The van der Waals surface area contributed by atoms with Crippen molar-refractivity contribution in [2.45, 2.75) is 20.3 Å². The molecule has 2 aromatic rings. The molecule has 0 saturated heterocycles. The summed E-state index contributed by atoms with van der Waals surface area (Å²) in [5, 5.41) is 3.83. The third kappa shape index (κ3) is 2.65. The Morgan fingerprint density at radius 2 is 2.17 bits per heavy atom. The van der Waals surface area contributed by atoms with Gasteiger partial charge in [-0.15, -0.1) is 0 Å². The molecule has 0 aliphatic rings. The van der Waals surface area contributed by atoms with Crippen molar-refractivity contribution >= 4 is 22.5 Å². The fourth-order valence-electron chi connectivity index (χ4n) is 2.02. The van der Waals surface area contributed by atoms with Crippen LogP contribution in [0.3, 0.4) is 0 Å². The van der Waals surface area contributed by atoms with E-state index in [1.807, 2.05) is 31.2 Å². The third-order valence-electron chi connectivity index (χ3n) is 2.79. The number of nitrogens with zero attached hydrogens (tertiary/aromatic N) is 1. The predicted octanol–water partition coefficient (Wildman–Crippen LogP) is 2.00. The molecule has 0 fully saturated rings. The van der Waals surface area contributed by atoms with Crippen LogP contribution in [-0.4, -0.2) is 17.4 Å². The van der Waals surface area contributed by atoms with Gasteiger partial charge in [0.05, 0.1) is 5.52 Å². The second-order valence-electron chi connectivity index (χ2n) is 4.38. The summed E-state index contributed by atoms with van der Waals surface area (Å²) >= 11 is 0. The first-order chi connectivity index (χ1) is 8.60. The van der Waals surface area contributed by atoms with E-state index in [1.165, 1.54) is 6.92 Å². The van der Waals surface area contributed by atoms with Gasteiger partial charge in [0.15, 0.2) is 0 Å². The minimum absolute atomic E-state index is 0.0697. The SMILES string of the molecule is CC(=O)Nc1ccc2nc(CCN)cc(C)c2c1. The van der Waals surface area contributed by atoms with Crippen molar-refractivity contribution in [1.82, 2.24) is 4.98 Å². The molecule has 3 N–H and O–H groups in total. The smallest absolute Gasteiger partial charge is 0.221 e. The van der Waals surface area contributed by atoms with Gasteiger partial charge in [-0.2, -0.15) is 0 Å². The molecule has 1 heterocycles. The van der Waals surface area contributed by atoms with Crippen LogP contribution in [0.15, 0.2) is 24.3 Å². The van der Waals surface area contributed by atoms with Crippen molar-refractivity contribution in [2.24, 2.45) is 5.73 Å². The van der Waals surface area contributed by atoms with Crippen molar-refractivity contribution in [3.8, 4) is 0 Å². The van der Waals surface area contributed by atoms with Gasteiger partial charge in [0.2, 0.25) is 5.91 Å². The highest BCUT2D eigenvalue weighted by atomic mass is 16.1. The van der Waals surface area contributed by atoms with Crippen LogP contribution < -0.4 is 11.1 Å². The Bertz CT molecular complexity index is 593. The van der Waals surface area contributed by atoms with E-state index in [0.717, 1.165) is 34.3 Å². The Balaban J connectivity index is 2.47. The molecule has 0 aliphatic carbocycles. The first-order valence-electron chi connectivity index (χ1n) is 5.98. The maximum absolute atomic E-state index is 11.0. The number of carbonyl (C=O) groups is 1. The molecule has 4 nitrogen and oxygen atoms in total. The number of nitrogens with two attached hydrogens (primary N) is 1. The highest BCUT2D eigenvalue weighted by Gasteiger charge is 2.04. The molecule has 1 aromatic carbocycles. The monoisotopic (exact) mass is 243 g/mol. The van der Waals surface area contributed by atoms with Crippen molar-refractivity contribution in [3.63, 3.8) is 0 Å². The highest BCUT2D eigenvalue weighted by molar-refractivity contribution is 5.93. The second kappa shape index (κ2) is 5.14. The molecule has 2 rings (SSSR count). The number of aromatic nitrogens is 1. The Morgan fingerprint density at radius 3 is 2.83 bits per heavy atom. The summed E-state index contributed by atoms with van der Waals surface area (Å²) in [4.78, 5) is 15.6. The van der Waals surface area contributed by atoms with E-state index in [2.05, 4.69) is 10.3 Å². The molecule has 94 valence electrons. The molecule has 0 bridgehead atoms. The van der Waals surface area contributed by atoms with Gasteiger partial charge < -0.3 is 11.1 Å². The Labute approximate surface area is 106 Å². The molecule has 0 saturated carbocycles. The van der Waals surface area contributed by atoms with Crippen molar-refractivity contribution in [3.05, 3.63) is 35.5 Å². The fourth-order valence-corrected chi connectivity index (χ4v) is 2.02. The van der Waals surface area contributed by atoms with Gasteiger partial charge in [0.1, 0.15) is 0 Å². The normalized spacial score (nSPS) is 10.6. The van der Waals surface area contributed by atoms with E-state index >= 15 is 0 Å². The number of pyridine rings is 1. The van der Waals surface area contributed by atoms with E-state index in [4.69, 9.17) is 5.73 Å². The van der Waals surface area contributed by atoms with Crippen LogP contribution in [-0.2, 0) is 11.2 Å². The lowest BCUT2D eigenvalue weighted by atomic mass is 10.1. The molecule has 18 heavy (non-hydrogen) atoms. The number of hydrogen-bond donors (Lipinski definition) is 2. The van der Waals surface area contributed by atoms with Crippen molar-refractivity contribution in [2.75, 3.05) is 11.9 Å². The number of rotatable bonds is 3. The van der Waals surface area contributed by atoms with Crippen LogP contribution in [0.2, 0.25) is 0 Å². The summed E-state index contributed by atoms with van der Waals surface area (Å²) in [5.41, 5.74) is 9.44. The predicted molar refractivity (Wildman–Crippen MR) is 73.5 cm³/mol. The van der Waals surface area contributed by atoms with Crippen LogP contribution in [0.5, 0.6) is 0 Å². The number of benzene rings is 1. The molecule has 1 amide bonds. The van der Waals surface area contributed by atoms with Gasteiger partial charge in [-0.25, -0.2) is 0 Å². The molecule has 0 spiro atoms. The molecule has 4 heteroatoms. The van der Waals surface area contributed by atoms with Crippen LogP contribution in [0.4, 0.5) is 5.69 Å². The Morgan fingerprint density at radius 1 is 1.39 bits per heavy atom. The van der Waals surface area contributed by atoms with Crippen molar-refractivity contribution < 1.29 is 4.79 Å². The van der Waals surface area contributed by atoms with Crippen molar-refractivity contribution in [1.29, 1.82) is 0 Å². The van der Waals surface area contributed by atoms with Crippen LogP contribution in [0, 0.1) is 6.92 Å². The van der Waals surface area contributed by atoms with E-state index in [0.29, 0.717) is 6.54 Å². The van der Waals surface area contributed by atoms with E-state index in [-0.39, 0.29) is 5.91 Å². The highest BCUT2D eigenvalue weighted by Crippen LogP contribution is 2.22. The first-order valence-corrected chi connectivity index (χ1v) is 5.98. The fraction of sp³-hybridized carbons (Fsp3) is 0.286. The van der Waals surface area contributed by atoms with Gasteiger partial charge in [-0.05, 0) is 43.3 Å². The van der Waals surface area contributed by atoms with Gasteiger partial charge in [0, 0.05) is 30.1 Å². The molecule has 0 aliphatic heterocycles. The molecule has 0 unspecified atom stereocenters. The number of hydrogen-bond acceptors (Lipinski definition) is 3. The summed E-state index contributed by atoms with van der Waals surface area (Å²) in [6.45, 7) is 4.14. The van der Waals surface area contributed by atoms with Crippen LogP contribution in [0.25, 0.3) is 10.9 Å². The topological polar surface area (TPSA) is 68.0 Å². The lowest BCUT2D eigenvalue weighted by molar-refractivity contribution is -0.114. The standard InChI is InChI=1S/C14H17N3O/c1-9-7-12(5-6-15)17-14-4-3-11(8-13(9)14)16-10(2)18/h3-4,7-8H,5-6,15H2,1-2H3,(H,16,18). The number of amides is 1. The zero-order chi connectivity index (χ0) is 13.1. The maximum atomic E-state index is 11.0. The Kier molecular flexibility index (Phi) is 3.58. The molecule has 1 aromatic heterocycles. The largest absolute Gasteiger partial charge is 0.330 e. The summed E-state index contributed by atoms with van der Waals surface area (Å²) < 4.78 is 0. The average Bonchev–Trinajstić information content (AvgIpc) is 2.30. The number of aryl methyl sites for hydroxylation is 1. The average molecular weight is 243 g/mol. The number of carbonyl (C=O) groups excluding carboxylic acids is 1. The van der Waals surface area contributed by atoms with Crippen LogP contribution in [0.1, 0.15) is 18.2 Å². The van der Waals surface area contributed by atoms with E-state index in [9.17, 15) is 4.79 Å². The molecular formula is C14H17N3O. The van der Waals surface area contributed by atoms with Crippen LogP contribution >= 0.6 is 0 Å². The third-order valence-corrected chi connectivity index (χ3v) is 2.79. The molecule has 0 radical (unpaired) electrons. The van der Waals surface area contributed by atoms with E-state index < -0.39 is 0 Å². The summed E-state index contributed by atoms with van der Waals surface area (Å²) in [6, 6.07) is 7.79. The number of anilines is 1. The second-order valence-corrected chi connectivity index (χ2v) is 4.38. The summed E-state index contributed by atoms with van der Waals surface area (Å²) in [6.07, 6.45) is 0.782. The maximum Gasteiger partial charge on any atom is 0.221 e. The molecule has 0 atom stereocenters. The minimum atomic E-state index is -0.0697. The van der Waals surface area contributed by atoms with E-state index in [1.54, 1.807) is 0 Å². The Hall–Kier alpha value is -1.94. The quantitative estimate of drug-likeness (QED) is 0.866. The summed E-state index contributed by atoms with van der Waals surface area (Å²) in [5.74, 6) is -0.0697. The minimum Gasteiger partial charge on any atom is -0.330 e. The van der Waals surface area contributed by atoms with Gasteiger partial charge in [0.25, 0.3) is 0 Å². The van der Waals surface area contributed by atoms with Gasteiger partial charge in [-0.3, -0.25) is 9.78 Å².